The summed E-state index contributed by atoms with van der Waals surface area (Å²) in [5, 5.41) is 3.99. The second-order valence-electron chi connectivity index (χ2n) is 7.46. The van der Waals surface area contributed by atoms with Crippen LogP contribution in [0.3, 0.4) is 0 Å². The molecule has 1 atom stereocenters. The number of hydrogen-bond acceptors (Lipinski definition) is 2. The molecule has 0 spiro atoms. The Hall–Kier alpha value is -2.04. The molecule has 1 N–H and O–H groups in total. The van der Waals surface area contributed by atoms with Crippen molar-refractivity contribution in [2.45, 2.75) is 46.2 Å². The van der Waals surface area contributed by atoms with Crippen molar-refractivity contribution in [1.82, 2.24) is 10.2 Å². The summed E-state index contributed by atoms with van der Waals surface area (Å²) in [5.41, 5.74) is 1.75. The topological polar surface area (TPSA) is 49.4 Å². The molecule has 156 valence electrons. The molecule has 0 fully saturated rings. The highest BCUT2D eigenvalue weighted by atomic mass is 35.5. The Bertz CT molecular complexity index is 825. The quantitative estimate of drug-likeness (QED) is 0.595. The van der Waals surface area contributed by atoms with Crippen molar-refractivity contribution >= 4 is 35.0 Å². The molecule has 0 saturated carbocycles. The van der Waals surface area contributed by atoms with Gasteiger partial charge in [-0.15, -0.1) is 0 Å². The van der Waals surface area contributed by atoms with Gasteiger partial charge >= 0.3 is 0 Å². The number of rotatable bonds is 9. The summed E-state index contributed by atoms with van der Waals surface area (Å²) in [6.45, 7) is 6.67. The van der Waals surface area contributed by atoms with Gasteiger partial charge in [-0.3, -0.25) is 9.59 Å². The van der Waals surface area contributed by atoms with E-state index >= 15 is 0 Å². The van der Waals surface area contributed by atoms with Gasteiger partial charge in [0, 0.05) is 36.0 Å². The second-order valence-corrected chi connectivity index (χ2v) is 8.30. The monoisotopic (exact) mass is 434 g/mol. The molecular formula is C23H28Cl2N2O2. The molecule has 0 bridgehead atoms. The summed E-state index contributed by atoms with van der Waals surface area (Å²) in [4.78, 5) is 27.6. The zero-order chi connectivity index (χ0) is 21.4. The van der Waals surface area contributed by atoms with E-state index in [1.807, 2.05) is 44.2 Å². The van der Waals surface area contributed by atoms with Crippen LogP contribution in [0.15, 0.2) is 48.5 Å². The van der Waals surface area contributed by atoms with Crippen molar-refractivity contribution in [2.24, 2.45) is 5.92 Å². The highest BCUT2D eigenvalue weighted by Gasteiger charge is 2.30. The molecule has 0 saturated heterocycles. The third-order valence-electron chi connectivity index (χ3n) is 4.61. The summed E-state index contributed by atoms with van der Waals surface area (Å²) in [6, 6.07) is 14.3. The highest BCUT2D eigenvalue weighted by Crippen LogP contribution is 2.24. The summed E-state index contributed by atoms with van der Waals surface area (Å²) >= 11 is 12.4. The van der Waals surface area contributed by atoms with Crippen LogP contribution >= 0.6 is 23.2 Å². The lowest BCUT2D eigenvalue weighted by atomic mass is 10.0. The predicted molar refractivity (Wildman–Crippen MR) is 119 cm³/mol. The first-order valence-corrected chi connectivity index (χ1v) is 10.6. The van der Waals surface area contributed by atoms with Crippen molar-refractivity contribution in [3.05, 3.63) is 69.7 Å². The Kier molecular flexibility index (Phi) is 8.99. The standard InChI is InChI=1S/C23H28Cl2N2O2/c1-4-22(28)27(15-18-10-11-19(24)13-20(18)25)21(23(29)26-14-16(2)3)12-17-8-6-5-7-9-17/h5-11,13,16,21H,4,12,14-15H2,1-3H3,(H,26,29). The van der Waals surface area contributed by atoms with Crippen LogP contribution in [-0.2, 0) is 22.6 Å². The maximum atomic E-state index is 13.1. The summed E-state index contributed by atoms with van der Waals surface area (Å²) in [6.07, 6.45) is 0.732. The van der Waals surface area contributed by atoms with E-state index in [-0.39, 0.29) is 18.4 Å². The molecule has 0 heterocycles. The number of carbonyl (C=O) groups excluding carboxylic acids is 2. The zero-order valence-electron chi connectivity index (χ0n) is 17.1. The molecule has 0 aliphatic rings. The fourth-order valence-electron chi connectivity index (χ4n) is 3.01. The van der Waals surface area contributed by atoms with Crippen LogP contribution < -0.4 is 5.32 Å². The van der Waals surface area contributed by atoms with E-state index in [0.717, 1.165) is 11.1 Å². The van der Waals surface area contributed by atoms with Crippen molar-refractivity contribution in [3.63, 3.8) is 0 Å². The minimum Gasteiger partial charge on any atom is -0.354 e. The van der Waals surface area contributed by atoms with Gasteiger partial charge in [-0.05, 0) is 29.2 Å². The Balaban J connectivity index is 2.36. The van der Waals surface area contributed by atoms with E-state index in [1.165, 1.54) is 0 Å². The van der Waals surface area contributed by atoms with E-state index in [0.29, 0.717) is 35.3 Å². The van der Waals surface area contributed by atoms with Gasteiger partial charge in [-0.25, -0.2) is 0 Å². The van der Waals surface area contributed by atoms with Gasteiger partial charge in [0.05, 0.1) is 0 Å². The molecule has 0 aliphatic heterocycles. The number of carbonyl (C=O) groups is 2. The lowest BCUT2D eigenvalue weighted by Gasteiger charge is -2.31. The lowest BCUT2D eigenvalue weighted by Crippen LogP contribution is -2.50. The molecule has 29 heavy (non-hydrogen) atoms. The Labute approximate surface area is 183 Å². The SMILES string of the molecule is CCC(=O)N(Cc1ccc(Cl)cc1Cl)C(Cc1ccccc1)C(=O)NCC(C)C. The number of benzene rings is 2. The number of nitrogens with zero attached hydrogens (tertiary/aromatic N) is 1. The first-order valence-electron chi connectivity index (χ1n) is 9.86. The predicted octanol–water partition coefficient (Wildman–Crippen LogP) is 5.12. The van der Waals surface area contributed by atoms with Crippen LogP contribution in [0, 0.1) is 5.92 Å². The van der Waals surface area contributed by atoms with Crippen molar-refractivity contribution < 1.29 is 9.59 Å². The highest BCUT2D eigenvalue weighted by molar-refractivity contribution is 6.35. The summed E-state index contributed by atoms with van der Waals surface area (Å²) < 4.78 is 0. The maximum absolute atomic E-state index is 13.1. The third-order valence-corrected chi connectivity index (χ3v) is 5.20. The second kappa shape index (κ2) is 11.2. The molecule has 0 aliphatic carbocycles. The van der Waals surface area contributed by atoms with Crippen LogP contribution in [-0.4, -0.2) is 29.3 Å². The van der Waals surface area contributed by atoms with Gasteiger partial charge in [0.15, 0.2) is 0 Å². The van der Waals surface area contributed by atoms with Crippen LogP contribution in [0.25, 0.3) is 0 Å². The summed E-state index contributed by atoms with van der Waals surface area (Å²) in [7, 11) is 0. The van der Waals surface area contributed by atoms with E-state index in [4.69, 9.17) is 23.2 Å². The molecule has 6 heteroatoms. The molecule has 2 amide bonds. The van der Waals surface area contributed by atoms with E-state index in [9.17, 15) is 9.59 Å². The normalized spacial score (nSPS) is 11.9. The molecule has 2 aromatic carbocycles. The minimum atomic E-state index is -0.629. The smallest absolute Gasteiger partial charge is 0.243 e. The number of hydrogen-bond donors (Lipinski definition) is 1. The first-order chi connectivity index (χ1) is 13.8. The fourth-order valence-corrected chi connectivity index (χ4v) is 3.48. The van der Waals surface area contributed by atoms with E-state index in [2.05, 4.69) is 5.32 Å². The Morgan fingerprint density at radius 3 is 2.34 bits per heavy atom. The molecule has 0 aromatic heterocycles. The van der Waals surface area contributed by atoms with Gasteiger partial charge in [-0.1, -0.05) is 80.4 Å². The Morgan fingerprint density at radius 1 is 1.07 bits per heavy atom. The lowest BCUT2D eigenvalue weighted by molar-refractivity contribution is -0.141. The van der Waals surface area contributed by atoms with Gasteiger partial charge in [0.1, 0.15) is 6.04 Å². The van der Waals surface area contributed by atoms with E-state index < -0.39 is 6.04 Å². The minimum absolute atomic E-state index is 0.100. The fraction of sp³-hybridized carbons (Fsp3) is 0.391. The maximum Gasteiger partial charge on any atom is 0.243 e. The third kappa shape index (κ3) is 7.06. The van der Waals surface area contributed by atoms with Crippen LogP contribution in [0.1, 0.15) is 38.3 Å². The van der Waals surface area contributed by atoms with Crippen molar-refractivity contribution in [3.8, 4) is 0 Å². The van der Waals surface area contributed by atoms with Crippen LogP contribution in [0.4, 0.5) is 0 Å². The largest absolute Gasteiger partial charge is 0.354 e. The van der Waals surface area contributed by atoms with Gasteiger partial charge in [0.2, 0.25) is 11.8 Å². The van der Waals surface area contributed by atoms with Crippen LogP contribution in [0.2, 0.25) is 10.0 Å². The van der Waals surface area contributed by atoms with Crippen molar-refractivity contribution in [2.75, 3.05) is 6.54 Å². The molecule has 1 unspecified atom stereocenters. The molecule has 2 aromatic rings. The molecular weight excluding hydrogens is 407 g/mol. The number of halogens is 2. The Morgan fingerprint density at radius 2 is 1.76 bits per heavy atom. The van der Waals surface area contributed by atoms with Crippen LogP contribution in [0.5, 0.6) is 0 Å². The van der Waals surface area contributed by atoms with Gasteiger partial charge < -0.3 is 10.2 Å². The molecule has 2 rings (SSSR count). The summed E-state index contributed by atoms with van der Waals surface area (Å²) in [5.74, 6) is 0.0587. The van der Waals surface area contributed by atoms with Gasteiger partial charge in [-0.2, -0.15) is 0 Å². The van der Waals surface area contributed by atoms with Crippen molar-refractivity contribution in [1.29, 1.82) is 0 Å². The average Bonchev–Trinajstić information content (AvgIpc) is 2.70. The molecule has 0 radical (unpaired) electrons. The number of amides is 2. The van der Waals surface area contributed by atoms with E-state index in [1.54, 1.807) is 30.0 Å². The van der Waals surface area contributed by atoms with Gasteiger partial charge in [0.25, 0.3) is 0 Å². The molecule has 4 nitrogen and oxygen atoms in total. The average molecular weight is 435 g/mol. The number of nitrogens with one attached hydrogen (secondary N) is 1. The first kappa shape index (κ1) is 23.2. The zero-order valence-corrected chi connectivity index (χ0v) is 18.6.